The van der Waals surface area contributed by atoms with E-state index < -0.39 is 12.1 Å². The molecule has 3 N–H and O–H groups in total. The van der Waals surface area contributed by atoms with Crippen LogP contribution in [-0.4, -0.2) is 47.4 Å². The summed E-state index contributed by atoms with van der Waals surface area (Å²) in [5, 5.41) is 23.5. The molecule has 0 aliphatic carbocycles. The maximum Gasteiger partial charge on any atom is 0.305 e. The van der Waals surface area contributed by atoms with E-state index in [1.54, 1.807) is 0 Å². The molecule has 0 aromatic rings. The molecule has 2 unspecified atom stereocenters. The second-order valence-corrected chi connectivity index (χ2v) is 29.5. The van der Waals surface area contributed by atoms with Crippen LogP contribution in [0.25, 0.3) is 0 Å². The molecule has 0 radical (unpaired) electrons. The van der Waals surface area contributed by atoms with Crippen LogP contribution in [0.1, 0.15) is 489 Å². The molecule has 0 rings (SSSR count). The first-order valence-electron chi connectivity index (χ1n) is 42.6. The number of rotatable bonds is 81. The van der Waals surface area contributed by atoms with E-state index in [2.05, 4.69) is 43.5 Å². The zero-order valence-corrected chi connectivity index (χ0v) is 62.8. The molecule has 0 aliphatic rings. The van der Waals surface area contributed by atoms with Gasteiger partial charge in [0.15, 0.2) is 0 Å². The summed E-state index contributed by atoms with van der Waals surface area (Å²) in [4.78, 5) is 24.7. The first kappa shape index (κ1) is 90.3. The predicted molar refractivity (Wildman–Crippen MR) is 407 cm³/mol. The van der Waals surface area contributed by atoms with Crippen LogP contribution < -0.4 is 5.32 Å². The van der Waals surface area contributed by atoms with Crippen molar-refractivity contribution in [2.45, 2.75) is 501 Å². The van der Waals surface area contributed by atoms with Crippen LogP contribution in [0.4, 0.5) is 0 Å². The molecular formula is C86H167NO5. The fraction of sp³-hybridized carbons (Fsp3) is 0.930. The highest BCUT2D eigenvalue weighted by atomic mass is 16.5. The summed E-state index contributed by atoms with van der Waals surface area (Å²) in [7, 11) is 0. The molecule has 0 aliphatic heterocycles. The Morgan fingerprint density at radius 1 is 0.293 bits per heavy atom. The Labute approximate surface area is 577 Å². The number of amides is 1. The molecule has 2 atom stereocenters. The number of carbonyl (C=O) groups is 2. The molecule has 0 spiro atoms. The number of aliphatic hydroxyl groups excluding tert-OH is 2. The Morgan fingerprint density at radius 3 is 0.772 bits per heavy atom. The normalized spacial score (nSPS) is 12.5. The third-order valence-corrected chi connectivity index (χ3v) is 20.2. The van der Waals surface area contributed by atoms with Crippen molar-refractivity contribution in [3.05, 3.63) is 24.3 Å². The van der Waals surface area contributed by atoms with E-state index in [-0.39, 0.29) is 18.5 Å². The van der Waals surface area contributed by atoms with Gasteiger partial charge in [-0.1, -0.05) is 423 Å². The van der Waals surface area contributed by atoms with Crippen LogP contribution >= 0.6 is 0 Å². The predicted octanol–water partition coefficient (Wildman–Crippen LogP) is 28.4. The zero-order valence-electron chi connectivity index (χ0n) is 62.8. The molecule has 0 bridgehead atoms. The lowest BCUT2D eigenvalue weighted by atomic mass is 10.0. The van der Waals surface area contributed by atoms with Crippen LogP contribution in [0.5, 0.6) is 0 Å². The van der Waals surface area contributed by atoms with Gasteiger partial charge in [-0.15, -0.1) is 0 Å². The highest BCUT2D eigenvalue weighted by molar-refractivity contribution is 5.76. The zero-order chi connectivity index (χ0) is 66.3. The van der Waals surface area contributed by atoms with Crippen molar-refractivity contribution >= 4 is 11.9 Å². The van der Waals surface area contributed by atoms with Crippen molar-refractivity contribution in [3.63, 3.8) is 0 Å². The van der Waals surface area contributed by atoms with Gasteiger partial charge in [0.1, 0.15) is 0 Å². The number of aliphatic hydroxyl groups is 2. The number of allylic oxidation sites excluding steroid dienone is 4. The van der Waals surface area contributed by atoms with Crippen LogP contribution in [-0.2, 0) is 14.3 Å². The average molecular weight is 1300 g/mol. The summed E-state index contributed by atoms with van der Waals surface area (Å²) < 4.78 is 5.50. The summed E-state index contributed by atoms with van der Waals surface area (Å²) in [5.74, 6) is -0.00982. The van der Waals surface area contributed by atoms with Crippen molar-refractivity contribution in [2.24, 2.45) is 0 Å². The van der Waals surface area contributed by atoms with Crippen LogP contribution in [0.2, 0.25) is 0 Å². The highest BCUT2D eigenvalue weighted by Gasteiger charge is 2.20. The van der Waals surface area contributed by atoms with E-state index >= 15 is 0 Å². The Morgan fingerprint density at radius 2 is 0.511 bits per heavy atom. The van der Waals surface area contributed by atoms with Crippen molar-refractivity contribution in [1.82, 2.24) is 5.32 Å². The molecule has 0 heterocycles. The summed E-state index contributed by atoms with van der Waals surface area (Å²) in [6, 6.07) is -0.539. The lowest BCUT2D eigenvalue weighted by molar-refractivity contribution is -0.143. The van der Waals surface area contributed by atoms with Crippen molar-refractivity contribution in [1.29, 1.82) is 0 Å². The first-order chi connectivity index (χ1) is 45.5. The van der Waals surface area contributed by atoms with Gasteiger partial charge >= 0.3 is 5.97 Å². The smallest absolute Gasteiger partial charge is 0.305 e. The molecule has 0 saturated heterocycles. The second kappa shape index (κ2) is 81.8. The Hall–Kier alpha value is -1.66. The third-order valence-electron chi connectivity index (χ3n) is 20.2. The maximum atomic E-state index is 12.6. The van der Waals surface area contributed by atoms with Gasteiger partial charge in [0.05, 0.1) is 25.4 Å². The number of esters is 1. The summed E-state index contributed by atoms with van der Waals surface area (Å²) >= 11 is 0. The summed E-state index contributed by atoms with van der Waals surface area (Å²) in [5.41, 5.74) is 0. The molecule has 546 valence electrons. The molecule has 0 aromatic carbocycles. The van der Waals surface area contributed by atoms with E-state index in [4.69, 9.17) is 4.74 Å². The lowest BCUT2D eigenvalue weighted by Crippen LogP contribution is -2.45. The molecule has 0 aromatic heterocycles. The first-order valence-corrected chi connectivity index (χ1v) is 42.6. The minimum atomic E-state index is -0.662. The van der Waals surface area contributed by atoms with E-state index in [9.17, 15) is 19.8 Å². The van der Waals surface area contributed by atoms with E-state index in [0.29, 0.717) is 25.9 Å². The standard InChI is InChI=1S/C86H167NO5/c1-3-5-7-9-11-13-15-17-19-20-21-22-42-45-48-51-54-58-62-66-70-74-78-84(89)83(82-88)87-85(90)79-75-71-67-63-59-55-52-49-46-43-40-38-36-34-32-30-28-26-24-23-25-27-29-31-33-35-37-39-41-44-47-50-53-57-61-65-69-73-77-81-92-86(91)80-76-72-68-64-60-56-18-16-14-12-10-8-6-4-2/h16,18,23-24,83-84,88-89H,3-15,17,19-22,25-82H2,1-2H3,(H,87,90)/b18-16-,24-23-. The van der Waals surface area contributed by atoms with Crippen molar-refractivity contribution in [2.75, 3.05) is 13.2 Å². The molecule has 92 heavy (non-hydrogen) atoms. The Kier molecular flexibility index (Phi) is 80.3. The fourth-order valence-electron chi connectivity index (χ4n) is 13.8. The van der Waals surface area contributed by atoms with E-state index in [0.717, 1.165) is 44.9 Å². The monoisotopic (exact) mass is 1290 g/mol. The van der Waals surface area contributed by atoms with Gasteiger partial charge < -0.3 is 20.3 Å². The van der Waals surface area contributed by atoms with Crippen molar-refractivity contribution < 1.29 is 24.5 Å². The number of hydrogen-bond acceptors (Lipinski definition) is 5. The van der Waals surface area contributed by atoms with Crippen LogP contribution in [0, 0.1) is 0 Å². The molecular weight excluding hydrogens is 1130 g/mol. The van der Waals surface area contributed by atoms with Gasteiger partial charge in [-0.25, -0.2) is 0 Å². The minimum Gasteiger partial charge on any atom is -0.466 e. The summed E-state index contributed by atoms with van der Waals surface area (Å²) in [6.45, 7) is 5.00. The molecule has 6 heteroatoms. The van der Waals surface area contributed by atoms with Crippen LogP contribution in [0.3, 0.4) is 0 Å². The molecule has 0 saturated carbocycles. The number of ether oxygens (including phenoxy) is 1. The van der Waals surface area contributed by atoms with Gasteiger partial charge in [0.25, 0.3) is 0 Å². The molecule has 1 amide bonds. The lowest BCUT2D eigenvalue weighted by Gasteiger charge is -2.22. The molecule has 6 nitrogen and oxygen atoms in total. The van der Waals surface area contributed by atoms with Crippen molar-refractivity contribution in [3.8, 4) is 0 Å². The third kappa shape index (κ3) is 77.3. The van der Waals surface area contributed by atoms with E-state index in [1.165, 1.54) is 411 Å². The quantitative estimate of drug-likeness (QED) is 0.0320. The summed E-state index contributed by atoms with van der Waals surface area (Å²) in [6.07, 6.45) is 106. The Balaban J connectivity index is 3.33. The maximum absolute atomic E-state index is 12.6. The second-order valence-electron chi connectivity index (χ2n) is 29.5. The minimum absolute atomic E-state index is 0.0149. The fourth-order valence-corrected chi connectivity index (χ4v) is 13.8. The number of hydrogen-bond donors (Lipinski definition) is 3. The number of nitrogens with one attached hydrogen (secondary N) is 1. The van der Waals surface area contributed by atoms with Gasteiger partial charge in [0, 0.05) is 12.8 Å². The average Bonchev–Trinajstić information content (AvgIpc) is 3.67. The van der Waals surface area contributed by atoms with Gasteiger partial charge in [0.2, 0.25) is 5.91 Å². The van der Waals surface area contributed by atoms with E-state index in [1.807, 2.05) is 0 Å². The SMILES string of the molecule is CCCCCCC/C=C\CCCCCCCC(=O)OCCCCCCCCCCCCCCCCCCCC/C=C\CCCCCCCCCCCCCCCCCCCC(=O)NC(CO)C(O)CCCCCCCCCCCCCCCCCCCCCCCC. The highest BCUT2D eigenvalue weighted by Crippen LogP contribution is 2.21. The van der Waals surface area contributed by atoms with Crippen LogP contribution in [0.15, 0.2) is 24.3 Å². The van der Waals surface area contributed by atoms with Gasteiger partial charge in [-0.2, -0.15) is 0 Å². The largest absolute Gasteiger partial charge is 0.466 e. The van der Waals surface area contributed by atoms with Gasteiger partial charge in [-0.05, 0) is 77.0 Å². The Bertz CT molecular complexity index is 1450. The molecule has 0 fully saturated rings. The number of carbonyl (C=O) groups excluding carboxylic acids is 2. The number of unbranched alkanes of at least 4 members (excludes halogenated alkanes) is 66. The van der Waals surface area contributed by atoms with Gasteiger partial charge in [-0.3, -0.25) is 9.59 Å². The topological polar surface area (TPSA) is 95.9 Å².